The summed E-state index contributed by atoms with van der Waals surface area (Å²) in [4.78, 5) is 52.6. The Morgan fingerprint density at radius 3 is 1.20 bits per heavy atom. The number of carbonyl (C=O) groups excluding carboxylic acids is 4. The Bertz CT molecular complexity index is 1560. The first kappa shape index (κ1) is 72.5. The number of hydrogen-bond acceptors (Lipinski definition) is 18. The highest BCUT2D eigenvalue weighted by molar-refractivity contribution is 5.83. The van der Waals surface area contributed by atoms with Crippen molar-refractivity contribution in [2.24, 2.45) is 0 Å². The van der Waals surface area contributed by atoms with Crippen molar-refractivity contribution in [1.82, 2.24) is 5.32 Å². The third-order valence-corrected chi connectivity index (χ3v) is 15.4. The lowest BCUT2D eigenvalue weighted by molar-refractivity contribution is -0.368. The molecular formula is C60H111NO18. The molecular weight excluding hydrogens is 1020 g/mol. The van der Waals surface area contributed by atoms with Crippen molar-refractivity contribution in [3.05, 3.63) is 0 Å². The Kier molecular flexibility index (Phi) is 41.3. The van der Waals surface area contributed by atoms with Gasteiger partial charge in [0.25, 0.3) is 5.91 Å². The Balaban J connectivity index is 2.21. The summed E-state index contributed by atoms with van der Waals surface area (Å²) in [5, 5.41) is 76.8. The molecule has 0 aromatic heterocycles. The van der Waals surface area contributed by atoms with Crippen LogP contribution in [0.25, 0.3) is 0 Å². The van der Waals surface area contributed by atoms with E-state index in [1.54, 1.807) is 0 Å². The predicted octanol–water partition coefficient (Wildman–Crippen LogP) is 8.21. The molecule has 5 unspecified atom stereocenters. The smallest absolute Gasteiger partial charge is 0.303 e. The second kappa shape index (κ2) is 44.9. The number of amides is 1. The number of esters is 3. The molecule has 19 nitrogen and oxygen atoms in total. The van der Waals surface area contributed by atoms with E-state index in [1.165, 1.54) is 149 Å². The minimum atomic E-state index is -1.93. The van der Waals surface area contributed by atoms with Gasteiger partial charge in [0.15, 0.2) is 24.8 Å². The zero-order valence-corrected chi connectivity index (χ0v) is 49.4. The maximum atomic E-state index is 14.4. The Morgan fingerprint density at radius 2 is 0.810 bits per heavy atom. The number of aliphatic hydroxyl groups excluding tert-OH is 7. The molecule has 2 aliphatic heterocycles. The fourth-order valence-electron chi connectivity index (χ4n) is 10.7. The average molecular weight is 1130 g/mol. The van der Waals surface area contributed by atoms with E-state index in [-0.39, 0.29) is 12.8 Å². The lowest BCUT2D eigenvalue weighted by Crippen LogP contribution is -2.65. The van der Waals surface area contributed by atoms with E-state index in [2.05, 4.69) is 19.2 Å². The van der Waals surface area contributed by atoms with E-state index in [4.69, 9.17) is 33.2 Å². The van der Waals surface area contributed by atoms with E-state index in [9.17, 15) is 54.9 Å². The van der Waals surface area contributed by atoms with Crippen LogP contribution >= 0.6 is 0 Å². The van der Waals surface area contributed by atoms with Crippen molar-refractivity contribution in [2.75, 3.05) is 19.8 Å². The van der Waals surface area contributed by atoms with E-state index in [1.807, 2.05) is 0 Å². The first-order chi connectivity index (χ1) is 38.1. The van der Waals surface area contributed by atoms with Gasteiger partial charge in [-0.2, -0.15) is 0 Å². The van der Waals surface area contributed by atoms with Crippen molar-refractivity contribution in [2.45, 2.75) is 339 Å². The summed E-state index contributed by atoms with van der Waals surface area (Å²) in [7, 11) is 0. The summed E-state index contributed by atoms with van der Waals surface area (Å²) < 4.78 is 40.7. The molecule has 0 bridgehead atoms. The van der Waals surface area contributed by atoms with Gasteiger partial charge in [0.2, 0.25) is 0 Å². The van der Waals surface area contributed by atoms with E-state index in [0.717, 1.165) is 64.7 Å². The highest BCUT2D eigenvalue weighted by Crippen LogP contribution is 2.31. The molecule has 0 saturated carbocycles. The molecule has 464 valence electrons. The van der Waals surface area contributed by atoms with Gasteiger partial charge in [-0.05, 0) is 25.7 Å². The Hall–Kier alpha value is -2.56. The van der Waals surface area contributed by atoms with Gasteiger partial charge in [0.05, 0.1) is 25.9 Å². The zero-order valence-electron chi connectivity index (χ0n) is 49.4. The molecule has 14 atom stereocenters. The van der Waals surface area contributed by atoms with Gasteiger partial charge in [-0.25, -0.2) is 0 Å². The quantitative estimate of drug-likeness (QED) is 0.0162. The van der Waals surface area contributed by atoms with E-state index in [0.29, 0.717) is 12.8 Å². The fourth-order valence-corrected chi connectivity index (χ4v) is 10.7. The van der Waals surface area contributed by atoms with Crippen molar-refractivity contribution in [3.63, 3.8) is 0 Å². The highest BCUT2D eigenvalue weighted by atomic mass is 16.8. The maximum absolute atomic E-state index is 14.4. The number of unbranched alkanes of at least 4 members (excludes halogenated alkanes) is 30. The maximum Gasteiger partial charge on any atom is 0.303 e. The van der Waals surface area contributed by atoms with Gasteiger partial charge in [0.1, 0.15) is 54.9 Å². The van der Waals surface area contributed by atoms with Crippen molar-refractivity contribution < 1.29 is 88.1 Å². The first-order valence-corrected chi connectivity index (χ1v) is 31.1. The molecule has 0 aromatic carbocycles. The SMILES string of the molecule is CCCCCCCCCCCCCCCCCCCCCCC(OC(C)=O)C(=O)NC(COC1O[C@H](CO)[C@H](O)[C@H](O)[C@H]1O[C@@H]1O[C@H](CO)[C@H](O)[C@H](O)[C@H]1O)C(OC(C)=O)C(CCCCCCCCCCCCCC)OC(C)=O. The van der Waals surface area contributed by atoms with Gasteiger partial charge in [-0.3, -0.25) is 19.2 Å². The number of aliphatic hydroxyl groups is 7. The minimum Gasteiger partial charge on any atom is -0.459 e. The van der Waals surface area contributed by atoms with Crippen LogP contribution in [0.1, 0.15) is 253 Å². The van der Waals surface area contributed by atoms with Crippen molar-refractivity contribution in [1.29, 1.82) is 0 Å². The molecule has 1 amide bonds. The molecule has 2 heterocycles. The molecule has 2 saturated heterocycles. The molecule has 2 rings (SSSR count). The lowest BCUT2D eigenvalue weighted by Gasteiger charge is -2.46. The number of rotatable bonds is 48. The number of nitrogens with one attached hydrogen (secondary N) is 1. The summed E-state index contributed by atoms with van der Waals surface area (Å²) >= 11 is 0. The van der Waals surface area contributed by atoms with Crippen molar-refractivity contribution in [3.8, 4) is 0 Å². The second-order valence-electron chi connectivity index (χ2n) is 22.5. The van der Waals surface area contributed by atoms with Crippen molar-refractivity contribution >= 4 is 23.8 Å². The van der Waals surface area contributed by atoms with Crippen LogP contribution < -0.4 is 5.32 Å². The van der Waals surface area contributed by atoms with Gasteiger partial charge >= 0.3 is 17.9 Å². The zero-order chi connectivity index (χ0) is 58.2. The Morgan fingerprint density at radius 1 is 0.443 bits per heavy atom. The summed E-state index contributed by atoms with van der Waals surface area (Å²) in [6.07, 6.45) is 16.3. The van der Waals surface area contributed by atoms with Gasteiger partial charge in [-0.15, -0.1) is 0 Å². The molecule has 79 heavy (non-hydrogen) atoms. The van der Waals surface area contributed by atoms with Gasteiger partial charge in [-0.1, -0.05) is 206 Å². The normalized spacial score (nSPS) is 24.8. The van der Waals surface area contributed by atoms with Crippen LogP contribution in [0.3, 0.4) is 0 Å². The summed E-state index contributed by atoms with van der Waals surface area (Å²) in [5.74, 6) is -2.92. The monoisotopic (exact) mass is 1130 g/mol. The minimum absolute atomic E-state index is 0.172. The molecule has 0 aliphatic carbocycles. The van der Waals surface area contributed by atoms with Crippen LogP contribution in [0.5, 0.6) is 0 Å². The molecule has 8 N–H and O–H groups in total. The molecule has 2 fully saturated rings. The fraction of sp³-hybridized carbons (Fsp3) is 0.933. The van der Waals surface area contributed by atoms with Gasteiger partial charge in [0, 0.05) is 20.8 Å². The van der Waals surface area contributed by atoms with Crippen LogP contribution in [-0.4, -0.2) is 165 Å². The van der Waals surface area contributed by atoms with E-state index >= 15 is 0 Å². The summed E-state index contributed by atoms with van der Waals surface area (Å²) in [6, 6.07) is -1.38. The van der Waals surface area contributed by atoms with Gasteiger partial charge < -0.3 is 74.2 Å². The predicted molar refractivity (Wildman–Crippen MR) is 299 cm³/mol. The van der Waals surface area contributed by atoms with Crippen LogP contribution in [-0.2, 0) is 52.3 Å². The number of carbonyl (C=O) groups is 4. The number of ether oxygens (including phenoxy) is 7. The second-order valence-corrected chi connectivity index (χ2v) is 22.5. The molecule has 0 spiro atoms. The topological polar surface area (TPSA) is 287 Å². The number of hydrogen-bond donors (Lipinski definition) is 8. The molecule has 19 heteroatoms. The summed E-state index contributed by atoms with van der Waals surface area (Å²) in [5.41, 5.74) is 0. The summed E-state index contributed by atoms with van der Waals surface area (Å²) in [6.45, 7) is 5.78. The highest BCUT2D eigenvalue weighted by Gasteiger charge is 2.51. The van der Waals surface area contributed by atoms with Crippen LogP contribution in [0.15, 0.2) is 0 Å². The first-order valence-electron chi connectivity index (χ1n) is 31.1. The van der Waals surface area contributed by atoms with Crippen LogP contribution in [0, 0.1) is 0 Å². The third-order valence-electron chi connectivity index (χ3n) is 15.4. The largest absolute Gasteiger partial charge is 0.459 e. The molecule has 0 radical (unpaired) electrons. The van der Waals surface area contributed by atoms with Crippen LogP contribution in [0.2, 0.25) is 0 Å². The molecule has 0 aromatic rings. The average Bonchev–Trinajstić information content (AvgIpc) is 3.42. The Labute approximate surface area is 474 Å². The lowest BCUT2D eigenvalue weighted by atomic mass is 9.97. The van der Waals surface area contributed by atoms with Crippen LogP contribution in [0.4, 0.5) is 0 Å². The standard InChI is InChI=1S/C60H111NO18/c1-6-8-10-12-14-16-18-20-21-22-23-24-25-26-27-29-31-33-35-37-39-48(75-44(4)65)58(72)61-46(56(76-45(5)66)47(74-43(3)64)38-36-34-32-30-28-19-17-15-13-11-9-7-2)42-73-60-57(54(70)52(68)50(41-63)78-60)79-59-55(71)53(69)51(67)49(40-62)77-59/h46-57,59-60,62-63,67-71H,6-42H2,1-5H3,(H,61,72)/t46?,47?,48?,49-,50-,51+,52+,53+,54+,55-,56?,57-,59+,60?/m1/s1. The van der Waals surface area contributed by atoms with E-state index < -0.39 is 129 Å². The molecule has 2 aliphatic rings. The third kappa shape index (κ3) is 31.1.